The molecule has 0 radical (unpaired) electrons. The molecule has 26 heavy (non-hydrogen) atoms. The SMILES string of the molecule is COc1ccc(CCNC(=S)N(C)CC2COc3ccccc3O2)cc1. The zero-order valence-corrected chi connectivity index (χ0v) is 15.9. The van der Waals surface area contributed by atoms with Gasteiger partial charge in [-0.15, -0.1) is 0 Å². The Kier molecular flexibility index (Phi) is 6.17. The van der Waals surface area contributed by atoms with Crippen molar-refractivity contribution in [1.29, 1.82) is 0 Å². The van der Waals surface area contributed by atoms with Gasteiger partial charge in [-0.05, 0) is 48.5 Å². The van der Waals surface area contributed by atoms with Gasteiger partial charge in [0.25, 0.3) is 0 Å². The van der Waals surface area contributed by atoms with Crippen molar-refractivity contribution in [3.8, 4) is 17.2 Å². The summed E-state index contributed by atoms with van der Waals surface area (Å²) < 4.78 is 16.9. The number of nitrogens with zero attached hydrogens (tertiary/aromatic N) is 1. The summed E-state index contributed by atoms with van der Waals surface area (Å²) >= 11 is 5.48. The Balaban J connectivity index is 1.42. The predicted molar refractivity (Wildman–Crippen MR) is 106 cm³/mol. The molecule has 1 N–H and O–H groups in total. The van der Waals surface area contributed by atoms with Crippen LogP contribution in [0.25, 0.3) is 0 Å². The maximum absolute atomic E-state index is 5.98. The minimum atomic E-state index is -0.0451. The molecule has 0 bridgehead atoms. The number of hydrogen-bond donors (Lipinski definition) is 1. The Morgan fingerprint density at radius 1 is 1.19 bits per heavy atom. The third-order valence-electron chi connectivity index (χ3n) is 4.24. The first kappa shape index (κ1) is 18.3. The molecule has 138 valence electrons. The maximum atomic E-state index is 5.98. The second-order valence-electron chi connectivity index (χ2n) is 6.21. The first-order valence-corrected chi connectivity index (χ1v) is 9.07. The summed E-state index contributed by atoms with van der Waals surface area (Å²) in [5.41, 5.74) is 1.24. The Hall–Kier alpha value is -2.47. The summed E-state index contributed by atoms with van der Waals surface area (Å²) in [4.78, 5) is 1.99. The number of thiocarbonyl (C=S) groups is 1. The van der Waals surface area contributed by atoms with Gasteiger partial charge in [-0.25, -0.2) is 0 Å². The van der Waals surface area contributed by atoms with Crippen LogP contribution < -0.4 is 19.5 Å². The zero-order valence-electron chi connectivity index (χ0n) is 15.1. The molecule has 0 aromatic heterocycles. The van der Waals surface area contributed by atoms with Crippen LogP contribution in [0.3, 0.4) is 0 Å². The van der Waals surface area contributed by atoms with Crippen molar-refractivity contribution in [1.82, 2.24) is 10.2 Å². The lowest BCUT2D eigenvalue weighted by atomic mass is 10.1. The van der Waals surface area contributed by atoms with E-state index in [-0.39, 0.29) is 6.10 Å². The standard InChI is InChI=1S/C20H24N2O3S/c1-22(13-17-14-24-18-5-3-4-6-19(18)25-17)20(26)21-12-11-15-7-9-16(23-2)10-8-15/h3-10,17H,11-14H2,1-2H3,(H,21,26). The molecule has 1 atom stereocenters. The van der Waals surface area contributed by atoms with Gasteiger partial charge in [0.15, 0.2) is 22.7 Å². The van der Waals surface area contributed by atoms with Gasteiger partial charge in [0.1, 0.15) is 12.4 Å². The van der Waals surface area contributed by atoms with Crippen LogP contribution in [-0.4, -0.2) is 50.0 Å². The van der Waals surface area contributed by atoms with E-state index < -0.39 is 0 Å². The Morgan fingerprint density at radius 2 is 1.92 bits per heavy atom. The van der Waals surface area contributed by atoms with E-state index in [4.69, 9.17) is 26.4 Å². The maximum Gasteiger partial charge on any atom is 0.168 e. The molecule has 2 aromatic rings. The van der Waals surface area contributed by atoms with Crippen LogP contribution in [0.5, 0.6) is 17.2 Å². The molecular formula is C20H24N2O3S. The molecule has 0 aliphatic carbocycles. The number of rotatable bonds is 6. The molecule has 1 aliphatic rings. The second-order valence-corrected chi connectivity index (χ2v) is 6.59. The lowest BCUT2D eigenvalue weighted by molar-refractivity contribution is 0.0779. The van der Waals surface area contributed by atoms with E-state index in [0.29, 0.717) is 18.3 Å². The van der Waals surface area contributed by atoms with Crippen LogP contribution in [0, 0.1) is 0 Å². The third kappa shape index (κ3) is 4.79. The van der Waals surface area contributed by atoms with Crippen LogP contribution >= 0.6 is 12.2 Å². The molecule has 0 spiro atoms. The van der Waals surface area contributed by atoms with Gasteiger partial charge in [-0.2, -0.15) is 0 Å². The fraction of sp³-hybridized carbons (Fsp3) is 0.350. The van der Waals surface area contributed by atoms with Crippen molar-refractivity contribution in [2.24, 2.45) is 0 Å². The first-order valence-electron chi connectivity index (χ1n) is 8.66. The largest absolute Gasteiger partial charge is 0.497 e. The molecule has 5 nitrogen and oxygen atoms in total. The zero-order chi connectivity index (χ0) is 18.4. The minimum absolute atomic E-state index is 0.0451. The van der Waals surface area contributed by atoms with Crippen molar-refractivity contribution in [3.05, 3.63) is 54.1 Å². The van der Waals surface area contributed by atoms with Crippen LogP contribution in [0.2, 0.25) is 0 Å². The van der Waals surface area contributed by atoms with Crippen LogP contribution in [0.1, 0.15) is 5.56 Å². The number of ether oxygens (including phenoxy) is 3. The number of methoxy groups -OCH3 is 1. The smallest absolute Gasteiger partial charge is 0.168 e. The van der Waals surface area contributed by atoms with Crippen molar-refractivity contribution in [3.63, 3.8) is 0 Å². The quantitative estimate of drug-likeness (QED) is 0.787. The number of likely N-dealkylation sites (N-methyl/N-ethyl adjacent to an activating group) is 1. The van der Waals surface area contributed by atoms with Gasteiger partial charge in [-0.3, -0.25) is 0 Å². The van der Waals surface area contributed by atoms with Crippen LogP contribution in [0.4, 0.5) is 0 Å². The molecule has 2 aromatic carbocycles. The molecule has 1 unspecified atom stereocenters. The Labute approximate surface area is 159 Å². The minimum Gasteiger partial charge on any atom is -0.497 e. The number of para-hydroxylation sites is 2. The van der Waals surface area contributed by atoms with E-state index in [2.05, 4.69) is 17.4 Å². The third-order valence-corrected chi connectivity index (χ3v) is 4.70. The summed E-state index contributed by atoms with van der Waals surface area (Å²) in [5.74, 6) is 2.45. The summed E-state index contributed by atoms with van der Waals surface area (Å²) in [6, 6.07) is 15.8. The molecule has 0 fully saturated rings. The van der Waals surface area contributed by atoms with Crippen molar-refractivity contribution >= 4 is 17.3 Å². The molecule has 0 saturated carbocycles. The van der Waals surface area contributed by atoms with Crippen LogP contribution in [-0.2, 0) is 6.42 Å². The number of fused-ring (bicyclic) bond motifs is 1. The fourth-order valence-electron chi connectivity index (χ4n) is 2.78. The lowest BCUT2D eigenvalue weighted by Crippen LogP contribution is -2.45. The molecule has 3 rings (SSSR count). The van der Waals surface area contributed by atoms with E-state index in [1.165, 1.54) is 5.56 Å². The van der Waals surface area contributed by atoms with Gasteiger partial charge in [0.05, 0.1) is 13.7 Å². The van der Waals surface area contributed by atoms with E-state index >= 15 is 0 Å². The van der Waals surface area contributed by atoms with Gasteiger partial charge in [-0.1, -0.05) is 24.3 Å². The van der Waals surface area contributed by atoms with E-state index in [1.54, 1.807) is 7.11 Å². The highest BCUT2D eigenvalue weighted by Crippen LogP contribution is 2.30. The molecule has 0 saturated heterocycles. The van der Waals surface area contributed by atoms with Gasteiger partial charge in [0, 0.05) is 13.6 Å². The van der Waals surface area contributed by atoms with Crippen molar-refractivity contribution in [2.45, 2.75) is 12.5 Å². The van der Waals surface area contributed by atoms with Crippen LogP contribution in [0.15, 0.2) is 48.5 Å². The van der Waals surface area contributed by atoms with Gasteiger partial charge < -0.3 is 24.4 Å². The Bertz CT molecular complexity index is 736. The average Bonchev–Trinajstić information content (AvgIpc) is 2.68. The number of nitrogens with one attached hydrogen (secondary N) is 1. The van der Waals surface area contributed by atoms with E-state index in [1.807, 2.05) is 48.3 Å². The monoisotopic (exact) mass is 372 g/mol. The normalized spacial score (nSPS) is 15.2. The van der Waals surface area contributed by atoms with Crippen molar-refractivity contribution in [2.75, 3.05) is 33.9 Å². The van der Waals surface area contributed by atoms with E-state index in [9.17, 15) is 0 Å². The molecular weight excluding hydrogens is 348 g/mol. The number of hydrogen-bond acceptors (Lipinski definition) is 4. The molecule has 6 heteroatoms. The number of benzene rings is 2. The summed E-state index contributed by atoms with van der Waals surface area (Å²) in [6.45, 7) is 1.97. The topological polar surface area (TPSA) is 43.0 Å². The van der Waals surface area contributed by atoms with Gasteiger partial charge >= 0.3 is 0 Å². The molecule has 0 amide bonds. The van der Waals surface area contributed by atoms with E-state index in [0.717, 1.165) is 30.2 Å². The average molecular weight is 372 g/mol. The molecule has 1 heterocycles. The molecule has 1 aliphatic heterocycles. The van der Waals surface area contributed by atoms with Gasteiger partial charge in [0.2, 0.25) is 0 Å². The fourth-order valence-corrected chi connectivity index (χ4v) is 2.96. The highest BCUT2D eigenvalue weighted by molar-refractivity contribution is 7.80. The summed E-state index contributed by atoms with van der Waals surface area (Å²) in [5, 5.41) is 4.01. The first-order chi connectivity index (χ1) is 12.7. The summed E-state index contributed by atoms with van der Waals surface area (Å²) in [6.07, 6.45) is 0.852. The lowest BCUT2D eigenvalue weighted by Gasteiger charge is -2.30. The highest BCUT2D eigenvalue weighted by Gasteiger charge is 2.22. The van der Waals surface area contributed by atoms with Crippen molar-refractivity contribution < 1.29 is 14.2 Å². The highest BCUT2D eigenvalue weighted by atomic mass is 32.1. The predicted octanol–water partition coefficient (Wildman–Crippen LogP) is 2.88. The second kappa shape index (κ2) is 8.76. The Morgan fingerprint density at radius 3 is 2.65 bits per heavy atom. The summed E-state index contributed by atoms with van der Waals surface area (Å²) in [7, 11) is 3.64.